The Morgan fingerprint density at radius 2 is 1.73 bits per heavy atom. The van der Waals surface area contributed by atoms with E-state index in [1.54, 1.807) is 23.1 Å². The van der Waals surface area contributed by atoms with Crippen LogP contribution in [0.2, 0.25) is 0 Å². The van der Waals surface area contributed by atoms with E-state index in [9.17, 15) is 14.4 Å². The maximum absolute atomic E-state index is 15.5. The van der Waals surface area contributed by atoms with Gasteiger partial charge in [0.1, 0.15) is 5.82 Å². The Bertz CT molecular complexity index is 1270. The Kier molecular flexibility index (Phi) is 5.59. The number of rotatable bonds is 4. The van der Waals surface area contributed by atoms with Crippen molar-refractivity contribution in [3.8, 4) is 0 Å². The van der Waals surface area contributed by atoms with E-state index in [0.717, 1.165) is 11.3 Å². The van der Waals surface area contributed by atoms with Crippen molar-refractivity contribution in [3.63, 3.8) is 0 Å². The summed E-state index contributed by atoms with van der Waals surface area (Å²) < 4.78 is 25.8. The summed E-state index contributed by atoms with van der Waals surface area (Å²) in [7, 11) is 1.25. The van der Waals surface area contributed by atoms with Crippen LogP contribution in [0.25, 0.3) is 0 Å². The normalized spacial score (nSPS) is 24.1. The number of halogens is 1. The third-order valence-electron chi connectivity index (χ3n) is 8.05. The fourth-order valence-electron chi connectivity index (χ4n) is 5.90. The van der Waals surface area contributed by atoms with E-state index in [4.69, 9.17) is 9.57 Å². The molecule has 0 bridgehead atoms. The van der Waals surface area contributed by atoms with Crippen LogP contribution in [0.15, 0.2) is 42.5 Å². The van der Waals surface area contributed by atoms with Crippen molar-refractivity contribution >= 4 is 23.7 Å². The summed E-state index contributed by atoms with van der Waals surface area (Å²) >= 11 is 0. The van der Waals surface area contributed by atoms with Gasteiger partial charge in [0.05, 0.1) is 37.7 Å². The highest BCUT2D eigenvalue weighted by atomic mass is 19.1. The number of benzene rings is 2. The van der Waals surface area contributed by atoms with Crippen molar-refractivity contribution in [2.45, 2.75) is 30.3 Å². The Hall–Kier alpha value is -3.66. The van der Waals surface area contributed by atoms with Crippen molar-refractivity contribution in [3.05, 3.63) is 65.0 Å². The Morgan fingerprint density at radius 1 is 0.973 bits per heavy atom. The highest BCUT2D eigenvalue weighted by Crippen LogP contribution is 2.53. The van der Waals surface area contributed by atoms with Gasteiger partial charge in [0.15, 0.2) is 5.60 Å². The average molecular weight is 510 g/mol. The van der Waals surface area contributed by atoms with E-state index in [2.05, 4.69) is 4.74 Å². The molecule has 1 atom stereocenters. The van der Waals surface area contributed by atoms with Crippen LogP contribution in [0.1, 0.15) is 40.7 Å². The first-order chi connectivity index (χ1) is 17.8. The molecule has 194 valence electrons. The number of hydrogen-bond donors (Lipinski definition) is 0. The van der Waals surface area contributed by atoms with Gasteiger partial charge in [-0.05, 0) is 31.0 Å². The molecule has 9 nitrogen and oxygen atoms in total. The van der Waals surface area contributed by atoms with Gasteiger partial charge in [-0.2, -0.15) is 0 Å². The lowest BCUT2D eigenvalue weighted by Gasteiger charge is -2.34. The molecule has 4 aliphatic rings. The van der Waals surface area contributed by atoms with Crippen molar-refractivity contribution in [2.75, 3.05) is 51.3 Å². The van der Waals surface area contributed by atoms with E-state index in [1.165, 1.54) is 18.2 Å². The molecule has 2 aromatic carbocycles. The molecule has 1 spiro atoms. The second-order valence-electron chi connectivity index (χ2n) is 10.1. The van der Waals surface area contributed by atoms with Gasteiger partial charge in [0, 0.05) is 42.9 Å². The van der Waals surface area contributed by atoms with Gasteiger partial charge in [-0.15, -0.1) is 5.06 Å². The summed E-state index contributed by atoms with van der Waals surface area (Å²) in [6.45, 7) is 2.77. The number of hydroxylamine groups is 2. The third kappa shape index (κ3) is 3.90. The number of nitrogens with zero attached hydrogens (tertiary/aromatic N) is 3. The van der Waals surface area contributed by atoms with E-state index in [1.807, 2.05) is 23.1 Å². The highest BCUT2D eigenvalue weighted by molar-refractivity contribution is 5.96. The first-order valence-electron chi connectivity index (χ1n) is 12.5. The smallest absolute Gasteiger partial charge is 0.449 e. The summed E-state index contributed by atoms with van der Waals surface area (Å²) in [6, 6.07) is 12.4. The largest absolute Gasteiger partial charge is 0.527 e. The van der Waals surface area contributed by atoms with Crippen LogP contribution < -0.4 is 4.90 Å². The predicted octanol–water partition coefficient (Wildman–Crippen LogP) is 2.98. The molecule has 37 heavy (non-hydrogen) atoms. The van der Waals surface area contributed by atoms with Gasteiger partial charge in [-0.1, -0.05) is 24.3 Å². The molecule has 1 amide bonds. The summed E-state index contributed by atoms with van der Waals surface area (Å²) in [5.74, 6) is -0.862. The number of carbonyl (C=O) groups excluding carboxylic acids is 3. The standard InChI is InChI=1S/C27H28FN3O6/c1-35-25(34)37-31-14-12-29(13-15-31)18-6-7-21(22(28)16-18)26(8-9-26)24(33)30-11-10-27(17-30)20-5-3-2-4-19(20)23(32)36-27/h2-7,16H,8-15,17H2,1H3. The van der Waals surface area contributed by atoms with E-state index in [-0.39, 0.29) is 18.4 Å². The molecule has 2 saturated heterocycles. The first kappa shape index (κ1) is 23.7. The SMILES string of the molecule is COC(=O)ON1CCN(c2ccc(C3(C(=O)N4CCC5(C4)OC(=O)c4ccccc45)CC3)c(F)c2)CC1. The highest BCUT2D eigenvalue weighted by Gasteiger charge is 2.58. The molecule has 3 fully saturated rings. The fourth-order valence-corrected chi connectivity index (χ4v) is 5.90. The molecule has 3 aliphatic heterocycles. The number of fused-ring (bicyclic) bond motifs is 2. The van der Waals surface area contributed by atoms with Gasteiger partial charge < -0.3 is 24.1 Å². The average Bonchev–Trinajstić information content (AvgIpc) is 3.53. The molecule has 2 aromatic rings. The second-order valence-corrected chi connectivity index (χ2v) is 10.1. The number of carbonyl (C=O) groups is 3. The summed E-state index contributed by atoms with van der Waals surface area (Å²) in [4.78, 5) is 46.2. The van der Waals surface area contributed by atoms with E-state index >= 15 is 4.39 Å². The number of piperazine rings is 1. The minimum Gasteiger partial charge on any atom is -0.449 e. The number of esters is 1. The molecule has 0 aromatic heterocycles. The fraction of sp³-hybridized carbons (Fsp3) is 0.444. The van der Waals surface area contributed by atoms with Gasteiger partial charge in [-0.25, -0.2) is 14.0 Å². The number of anilines is 1. The minimum absolute atomic E-state index is 0.106. The zero-order valence-electron chi connectivity index (χ0n) is 20.6. The first-order valence-corrected chi connectivity index (χ1v) is 12.5. The van der Waals surface area contributed by atoms with Crippen LogP contribution in [0, 0.1) is 5.82 Å². The van der Waals surface area contributed by atoms with Gasteiger partial charge in [0.25, 0.3) is 0 Å². The lowest BCUT2D eigenvalue weighted by molar-refractivity contribution is -0.134. The van der Waals surface area contributed by atoms with Crippen LogP contribution >= 0.6 is 0 Å². The molecular formula is C27H28FN3O6. The molecule has 10 heteroatoms. The van der Waals surface area contributed by atoms with Crippen molar-refractivity contribution in [1.29, 1.82) is 0 Å². The van der Waals surface area contributed by atoms with Crippen LogP contribution in [-0.4, -0.2) is 74.4 Å². The van der Waals surface area contributed by atoms with Crippen LogP contribution in [-0.2, 0) is 30.1 Å². The molecule has 1 unspecified atom stereocenters. The Labute approximate surface area is 213 Å². The zero-order chi connectivity index (χ0) is 25.8. The molecule has 0 N–H and O–H groups in total. The van der Waals surface area contributed by atoms with Gasteiger partial charge in [0.2, 0.25) is 5.91 Å². The maximum atomic E-state index is 15.5. The van der Waals surface area contributed by atoms with Crippen LogP contribution in [0.4, 0.5) is 14.9 Å². The summed E-state index contributed by atoms with van der Waals surface area (Å²) in [6.07, 6.45) is 0.948. The summed E-state index contributed by atoms with van der Waals surface area (Å²) in [5, 5.41) is 1.52. The van der Waals surface area contributed by atoms with Crippen molar-refractivity contribution in [1.82, 2.24) is 9.96 Å². The van der Waals surface area contributed by atoms with Gasteiger partial charge in [-0.3, -0.25) is 4.79 Å². The number of hydrogen-bond acceptors (Lipinski definition) is 8. The van der Waals surface area contributed by atoms with E-state index in [0.29, 0.717) is 63.1 Å². The third-order valence-corrected chi connectivity index (χ3v) is 8.05. The van der Waals surface area contributed by atoms with Crippen molar-refractivity contribution in [2.24, 2.45) is 0 Å². The number of ether oxygens (including phenoxy) is 2. The Morgan fingerprint density at radius 3 is 2.43 bits per heavy atom. The molecule has 6 rings (SSSR count). The summed E-state index contributed by atoms with van der Waals surface area (Å²) in [5.41, 5.74) is 0.825. The topological polar surface area (TPSA) is 88.6 Å². The lowest BCUT2D eigenvalue weighted by Crippen LogP contribution is -2.47. The van der Waals surface area contributed by atoms with Gasteiger partial charge >= 0.3 is 12.1 Å². The van der Waals surface area contributed by atoms with Crippen molar-refractivity contribution < 1.29 is 33.1 Å². The maximum Gasteiger partial charge on any atom is 0.527 e. The molecular weight excluding hydrogens is 481 g/mol. The second kappa shape index (κ2) is 8.72. The monoisotopic (exact) mass is 509 g/mol. The quantitative estimate of drug-likeness (QED) is 0.582. The number of methoxy groups -OCH3 is 1. The predicted molar refractivity (Wildman–Crippen MR) is 129 cm³/mol. The molecule has 3 heterocycles. The van der Waals surface area contributed by atoms with Crippen LogP contribution in [0.5, 0.6) is 0 Å². The van der Waals surface area contributed by atoms with E-state index < -0.39 is 23.0 Å². The molecule has 1 aliphatic carbocycles. The minimum atomic E-state index is -0.872. The lowest BCUT2D eigenvalue weighted by atomic mass is 9.91. The number of likely N-dealkylation sites (tertiary alicyclic amines) is 1. The Balaban J connectivity index is 1.15. The van der Waals surface area contributed by atoms with Crippen LogP contribution in [0.3, 0.4) is 0 Å². The molecule has 1 saturated carbocycles. The zero-order valence-corrected chi connectivity index (χ0v) is 20.6. The number of amides is 1. The molecule has 0 radical (unpaired) electrons.